The van der Waals surface area contributed by atoms with Gasteiger partial charge in [0, 0.05) is 52.3 Å². The molecule has 4 atom stereocenters. The summed E-state index contributed by atoms with van der Waals surface area (Å²) in [5, 5.41) is 13.7. The number of amides is 4. The van der Waals surface area contributed by atoms with E-state index >= 15 is 8.90 Å². The molecule has 0 aromatic heterocycles. The van der Waals surface area contributed by atoms with Crippen molar-refractivity contribution in [2.24, 2.45) is 5.92 Å². The quantitative estimate of drug-likeness (QED) is 0.102. The summed E-state index contributed by atoms with van der Waals surface area (Å²) < 4.78 is 24.2. The summed E-state index contributed by atoms with van der Waals surface area (Å²) in [7, 11) is -3.70. The van der Waals surface area contributed by atoms with Crippen LogP contribution in [0.5, 0.6) is 0 Å². The highest BCUT2D eigenvalue weighted by Gasteiger charge is 2.67. The number of anilines is 5. The van der Waals surface area contributed by atoms with Crippen LogP contribution in [0.4, 0.5) is 32.5 Å². The zero-order valence-electron chi connectivity index (χ0n) is 36.8. The van der Waals surface area contributed by atoms with Crippen LogP contribution in [0.1, 0.15) is 50.8 Å². The first-order chi connectivity index (χ1) is 31.9. The maximum absolute atomic E-state index is 17.1. The Morgan fingerprint density at radius 1 is 0.712 bits per heavy atom. The summed E-state index contributed by atoms with van der Waals surface area (Å²) in [6, 6.07) is 45.6. The first-order valence-corrected chi connectivity index (χ1v) is 25.4. The fourth-order valence-electron chi connectivity index (χ4n) is 11.4. The van der Waals surface area contributed by atoms with E-state index in [4.69, 9.17) is 4.74 Å². The van der Waals surface area contributed by atoms with Crippen molar-refractivity contribution in [3.05, 3.63) is 173 Å². The lowest BCUT2D eigenvalue weighted by atomic mass is 9.82. The average molecular weight is 895 g/mol. The number of rotatable bonds is 11. The zero-order chi connectivity index (χ0) is 45.6. The minimum absolute atomic E-state index is 0.0729. The molecule has 10 nitrogen and oxygen atoms in total. The van der Waals surface area contributed by atoms with Gasteiger partial charge in [-0.2, -0.15) is 0 Å². The Balaban J connectivity index is 1.00. The molecule has 7 aromatic carbocycles. The largest absolute Gasteiger partial charge is 0.395 e. The molecule has 1 saturated heterocycles. The van der Waals surface area contributed by atoms with Crippen LogP contribution < -0.4 is 14.7 Å². The van der Waals surface area contributed by atoms with Crippen molar-refractivity contribution in [3.63, 3.8) is 0 Å². The topological polar surface area (TPSA) is 111 Å². The van der Waals surface area contributed by atoms with E-state index in [2.05, 4.69) is 0 Å². The van der Waals surface area contributed by atoms with Crippen LogP contribution in [0.3, 0.4) is 0 Å². The number of aliphatic hydroxyl groups is 1. The van der Waals surface area contributed by atoms with E-state index in [9.17, 15) is 19.5 Å². The third-order valence-electron chi connectivity index (χ3n) is 14.1. The lowest BCUT2D eigenvalue weighted by molar-refractivity contribution is -0.150. The second-order valence-electron chi connectivity index (χ2n) is 18.4. The van der Waals surface area contributed by atoms with Gasteiger partial charge in [0.1, 0.15) is 0 Å². The first-order valence-electron chi connectivity index (χ1n) is 22.5. The molecule has 4 heterocycles. The number of hydrogen-bond donors (Lipinski definition) is 1. The molecule has 1 N–H and O–H groups in total. The van der Waals surface area contributed by atoms with Crippen molar-refractivity contribution in [3.8, 4) is 0 Å². The summed E-state index contributed by atoms with van der Waals surface area (Å²) in [4.78, 5) is 64.9. The molecule has 0 radical (unpaired) electrons. The number of aliphatic hydroxyl groups excluding tert-OH is 1. The smallest absolute Gasteiger partial charge is 0.264 e. The molecular formula is C54H47FN4O6Si. The van der Waals surface area contributed by atoms with E-state index in [1.54, 1.807) is 32.7 Å². The molecule has 4 aliphatic heterocycles. The van der Waals surface area contributed by atoms with Gasteiger partial charge in [-0.15, -0.1) is 0 Å². The SMILES string of the molecule is C[C@@H]1[C@@H]([Si](C)(C)F)[C@H](CC(=O)N(CCO)Cc2ccccc2)O[C@@]12C(=O)N(Cc1cccc(N3C(=O)c4cccc5cccc3c45)c1)c1ccc(N3C(=O)c4cccc5cccc3c45)cc12. The Kier molecular flexibility index (Phi) is 9.84. The second-order valence-corrected chi connectivity index (χ2v) is 22.2. The lowest BCUT2D eigenvalue weighted by Gasteiger charge is -2.31. The summed E-state index contributed by atoms with van der Waals surface area (Å²) in [5.74, 6) is -1.78. The number of carbonyl (C=O) groups excluding carboxylic acids is 4. The highest BCUT2D eigenvalue weighted by Crippen LogP contribution is 2.61. The number of ether oxygens (including phenoxy) is 1. The molecule has 0 unspecified atom stereocenters. The van der Waals surface area contributed by atoms with E-state index in [1.807, 2.05) is 153 Å². The van der Waals surface area contributed by atoms with Gasteiger partial charge >= 0.3 is 0 Å². The van der Waals surface area contributed by atoms with Gasteiger partial charge < -0.3 is 23.8 Å². The van der Waals surface area contributed by atoms with E-state index in [1.165, 1.54) is 0 Å². The number of halogens is 1. The minimum Gasteiger partial charge on any atom is -0.395 e. The Labute approximate surface area is 382 Å². The van der Waals surface area contributed by atoms with Crippen LogP contribution in [0.2, 0.25) is 18.6 Å². The van der Waals surface area contributed by atoms with Crippen molar-refractivity contribution in [1.29, 1.82) is 0 Å². The summed E-state index contributed by atoms with van der Waals surface area (Å²) in [6.07, 6.45) is -1.17. The van der Waals surface area contributed by atoms with Crippen LogP contribution in [-0.2, 0) is 33.0 Å². The molecule has 12 heteroatoms. The predicted molar refractivity (Wildman–Crippen MR) is 257 cm³/mol. The Morgan fingerprint density at radius 3 is 1.89 bits per heavy atom. The Hall–Kier alpha value is -6.99. The maximum Gasteiger partial charge on any atom is 0.264 e. The molecule has 7 aromatic rings. The van der Waals surface area contributed by atoms with Crippen molar-refractivity contribution >= 4 is 82.0 Å². The maximum atomic E-state index is 17.1. The fraction of sp³-hybridized carbons (Fsp3) is 0.222. The fourth-order valence-corrected chi connectivity index (χ4v) is 13.9. The van der Waals surface area contributed by atoms with Gasteiger partial charge in [-0.25, -0.2) is 0 Å². The van der Waals surface area contributed by atoms with Gasteiger partial charge in [0.25, 0.3) is 17.7 Å². The van der Waals surface area contributed by atoms with Gasteiger partial charge in [-0.05, 0) is 89.6 Å². The van der Waals surface area contributed by atoms with Crippen molar-refractivity contribution < 1.29 is 33.1 Å². The summed E-state index contributed by atoms with van der Waals surface area (Å²) >= 11 is 0. The van der Waals surface area contributed by atoms with Crippen LogP contribution in [-0.4, -0.2) is 61.3 Å². The van der Waals surface area contributed by atoms with Crippen LogP contribution in [0, 0.1) is 5.92 Å². The lowest BCUT2D eigenvalue weighted by Crippen LogP contribution is -2.45. The molecule has 11 rings (SSSR count). The number of nitrogens with zero attached hydrogens (tertiary/aromatic N) is 4. The Bertz CT molecular complexity index is 3160. The number of benzene rings is 7. The summed E-state index contributed by atoms with van der Waals surface area (Å²) in [5.41, 5.74) is 4.05. The molecule has 4 aliphatic rings. The molecule has 66 heavy (non-hydrogen) atoms. The zero-order valence-corrected chi connectivity index (χ0v) is 37.8. The van der Waals surface area contributed by atoms with Crippen molar-refractivity contribution in [2.45, 2.75) is 56.8 Å². The molecule has 4 amide bonds. The number of carbonyl (C=O) groups is 4. The van der Waals surface area contributed by atoms with Crippen LogP contribution in [0.25, 0.3) is 21.5 Å². The van der Waals surface area contributed by atoms with Crippen LogP contribution in [0.15, 0.2) is 146 Å². The molecule has 0 aliphatic carbocycles. The van der Waals surface area contributed by atoms with Gasteiger partial charge in [-0.3, -0.25) is 29.0 Å². The highest BCUT2D eigenvalue weighted by atomic mass is 28.4. The molecule has 1 spiro atoms. The average Bonchev–Trinajstić information content (AvgIpc) is 3.96. The summed E-state index contributed by atoms with van der Waals surface area (Å²) in [6.45, 7) is 5.20. The van der Waals surface area contributed by atoms with E-state index in [-0.39, 0.29) is 50.4 Å². The van der Waals surface area contributed by atoms with Gasteiger partial charge in [0.2, 0.25) is 14.3 Å². The van der Waals surface area contributed by atoms with Gasteiger partial charge in [0.05, 0.1) is 53.9 Å². The monoisotopic (exact) mass is 894 g/mol. The predicted octanol–water partition coefficient (Wildman–Crippen LogP) is 10.3. The van der Waals surface area contributed by atoms with E-state index in [0.29, 0.717) is 33.8 Å². The van der Waals surface area contributed by atoms with E-state index in [0.717, 1.165) is 44.0 Å². The molecule has 1 fully saturated rings. The normalized spacial score (nSPS) is 20.7. The first kappa shape index (κ1) is 41.7. The standard InChI is InChI=1S/C54H47FN4O6Si/c1-33-50(66(2,3)55)46(30-47(61)56(26-27-60)31-34-12-5-4-6-13-34)65-54(33)42-29-39(59-45-23-11-18-37-16-9-21-41(49(37)45)52(59)63)24-25-43(42)57(53(54)64)32-35-14-7-19-38(28-35)58-44-22-10-17-36-15-8-20-40(48(36)44)51(58)62/h4-25,28-29,33,46,50,60H,26-27,30-32H2,1-3H3/t33-,46+,50-,54+/m1/s1. The third-order valence-corrected chi connectivity index (χ3v) is 16.6. The van der Waals surface area contributed by atoms with Gasteiger partial charge in [0.15, 0.2) is 5.60 Å². The molecular weight excluding hydrogens is 848 g/mol. The third kappa shape index (κ3) is 6.34. The van der Waals surface area contributed by atoms with Crippen molar-refractivity contribution in [2.75, 3.05) is 27.9 Å². The molecule has 0 bridgehead atoms. The minimum atomic E-state index is -3.70. The van der Waals surface area contributed by atoms with Gasteiger partial charge in [-0.1, -0.05) is 97.9 Å². The second kappa shape index (κ2) is 15.6. The van der Waals surface area contributed by atoms with Crippen molar-refractivity contribution in [1.82, 2.24) is 4.90 Å². The Morgan fingerprint density at radius 2 is 1.29 bits per heavy atom. The highest BCUT2D eigenvalue weighted by molar-refractivity contribution is 6.72. The van der Waals surface area contributed by atoms with E-state index < -0.39 is 37.5 Å². The molecule has 0 saturated carbocycles. The number of fused-ring (bicyclic) bond motifs is 2. The molecule has 330 valence electrons. The van der Waals surface area contributed by atoms with Crippen LogP contribution >= 0.6 is 0 Å². The number of hydrogen-bond acceptors (Lipinski definition) is 6.